The molecule has 0 radical (unpaired) electrons. The zero-order valence-electron chi connectivity index (χ0n) is 11.2. The lowest BCUT2D eigenvalue weighted by atomic mass is 10.0. The summed E-state index contributed by atoms with van der Waals surface area (Å²) in [5, 5.41) is 11.1. The molecule has 0 aliphatic carbocycles. The summed E-state index contributed by atoms with van der Waals surface area (Å²) in [5.41, 5.74) is 0.790. The molecule has 0 fully saturated rings. The number of methoxy groups -OCH3 is 1. The minimum atomic E-state index is -0.292. The maximum Gasteiger partial charge on any atom is 0.317 e. The molecule has 102 valence electrons. The van der Waals surface area contributed by atoms with Crippen molar-refractivity contribution in [2.24, 2.45) is 5.92 Å². The van der Waals surface area contributed by atoms with E-state index in [-0.39, 0.29) is 17.6 Å². The number of hydrogen-bond donors (Lipinski definition) is 1. The van der Waals surface area contributed by atoms with E-state index in [2.05, 4.69) is 0 Å². The molecule has 0 saturated carbocycles. The molecule has 0 aromatic heterocycles. The average Bonchev–Trinajstić information content (AvgIpc) is 2.58. The highest BCUT2D eigenvalue weighted by Crippen LogP contribution is 2.40. The van der Waals surface area contributed by atoms with Crippen LogP contribution in [0.5, 0.6) is 17.2 Å². The van der Waals surface area contributed by atoms with Crippen molar-refractivity contribution in [3.8, 4) is 17.2 Å². The average molecular weight is 270 g/mol. The van der Waals surface area contributed by atoms with Gasteiger partial charge in [0.1, 0.15) is 17.2 Å². The van der Waals surface area contributed by atoms with Gasteiger partial charge >= 0.3 is 5.97 Å². The van der Waals surface area contributed by atoms with Crippen LogP contribution in [0.4, 0.5) is 0 Å². The summed E-state index contributed by atoms with van der Waals surface area (Å²) in [6.45, 7) is 1.79. The highest BCUT2D eigenvalue weighted by atomic mass is 16.5. The van der Waals surface area contributed by atoms with Gasteiger partial charge in [-0.1, -0.05) is 12.2 Å². The van der Waals surface area contributed by atoms with Crippen LogP contribution in [-0.2, 0) is 4.79 Å². The molecule has 1 heterocycles. The fraction of sp³-hybridized carbons (Fsp3) is 0.188. The van der Waals surface area contributed by atoms with E-state index in [1.165, 1.54) is 0 Å². The molecule has 0 spiro atoms. The van der Waals surface area contributed by atoms with E-state index in [9.17, 15) is 9.90 Å². The van der Waals surface area contributed by atoms with Crippen molar-refractivity contribution < 1.29 is 19.4 Å². The minimum absolute atomic E-state index is 0.139. The number of rotatable bonds is 1. The van der Waals surface area contributed by atoms with E-state index in [4.69, 9.17) is 9.47 Å². The van der Waals surface area contributed by atoms with Crippen molar-refractivity contribution in [1.82, 2.24) is 0 Å². The van der Waals surface area contributed by atoms with Gasteiger partial charge in [0.2, 0.25) is 0 Å². The summed E-state index contributed by atoms with van der Waals surface area (Å²) in [6, 6.07) is 6.69. The van der Waals surface area contributed by atoms with E-state index in [1.807, 2.05) is 6.08 Å². The monoisotopic (exact) mass is 270 g/mol. The van der Waals surface area contributed by atoms with Crippen molar-refractivity contribution in [3.05, 3.63) is 35.9 Å². The second kappa shape index (κ2) is 4.56. The molecule has 0 amide bonds. The number of carbonyl (C=O) groups is 1. The highest BCUT2D eigenvalue weighted by molar-refractivity contribution is 5.99. The SMILES string of the molecule is COc1cc2c(c3ccc(O)cc13)OC(=O)[C@@H](C)C=C2. The highest BCUT2D eigenvalue weighted by Gasteiger charge is 2.21. The Hall–Kier alpha value is -2.49. The van der Waals surface area contributed by atoms with Crippen LogP contribution >= 0.6 is 0 Å². The Labute approximate surface area is 116 Å². The van der Waals surface area contributed by atoms with Gasteiger partial charge in [0.05, 0.1) is 13.0 Å². The van der Waals surface area contributed by atoms with Crippen LogP contribution in [0.25, 0.3) is 16.8 Å². The third-order valence-electron chi connectivity index (χ3n) is 3.42. The number of aromatic hydroxyl groups is 1. The third kappa shape index (κ3) is 1.90. The predicted octanol–water partition coefficient (Wildman–Crippen LogP) is 3.12. The number of fused-ring (bicyclic) bond motifs is 3. The molecule has 4 nitrogen and oxygen atoms in total. The predicted molar refractivity (Wildman–Crippen MR) is 76.0 cm³/mol. The number of phenols is 1. The minimum Gasteiger partial charge on any atom is -0.508 e. The molecule has 2 aromatic carbocycles. The van der Waals surface area contributed by atoms with Crippen LogP contribution in [0.3, 0.4) is 0 Å². The topological polar surface area (TPSA) is 55.8 Å². The number of phenolic OH excluding ortho intramolecular Hbond substituents is 1. The lowest BCUT2D eigenvalue weighted by Gasteiger charge is -2.13. The molecular formula is C16H14O4. The third-order valence-corrected chi connectivity index (χ3v) is 3.42. The van der Waals surface area contributed by atoms with E-state index in [1.54, 1.807) is 44.4 Å². The molecule has 3 rings (SSSR count). The van der Waals surface area contributed by atoms with Gasteiger partial charge in [-0.15, -0.1) is 0 Å². The fourth-order valence-corrected chi connectivity index (χ4v) is 2.30. The van der Waals surface area contributed by atoms with Gasteiger partial charge in [0.15, 0.2) is 0 Å². The number of benzene rings is 2. The van der Waals surface area contributed by atoms with Crippen molar-refractivity contribution in [3.63, 3.8) is 0 Å². The zero-order valence-corrected chi connectivity index (χ0v) is 11.2. The molecular weight excluding hydrogens is 256 g/mol. The second-order valence-corrected chi connectivity index (χ2v) is 4.80. The first-order chi connectivity index (χ1) is 9.60. The summed E-state index contributed by atoms with van der Waals surface area (Å²) in [6.07, 6.45) is 3.67. The van der Waals surface area contributed by atoms with Crippen LogP contribution in [0.1, 0.15) is 12.5 Å². The van der Waals surface area contributed by atoms with E-state index in [0.717, 1.165) is 10.9 Å². The second-order valence-electron chi connectivity index (χ2n) is 4.80. The number of esters is 1. The number of hydrogen-bond acceptors (Lipinski definition) is 4. The van der Waals surface area contributed by atoms with Crippen molar-refractivity contribution >= 4 is 22.8 Å². The van der Waals surface area contributed by atoms with E-state index >= 15 is 0 Å². The summed E-state index contributed by atoms with van der Waals surface area (Å²) in [4.78, 5) is 11.9. The Kier molecular flexibility index (Phi) is 2.86. The molecule has 20 heavy (non-hydrogen) atoms. The molecule has 0 saturated heterocycles. The standard InChI is InChI=1S/C16H14O4/c1-9-3-4-10-7-14(19-2)13-8-11(17)5-6-12(13)15(10)20-16(9)18/h3-9,17H,1-2H3/t9-/m0/s1. The smallest absolute Gasteiger partial charge is 0.317 e. The Balaban J connectivity index is 2.34. The maximum absolute atomic E-state index is 11.9. The summed E-state index contributed by atoms with van der Waals surface area (Å²) in [5.74, 6) is 0.691. The van der Waals surface area contributed by atoms with Crippen LogP contribution < -0.4 is 9.47 Å². The van der Waals surface area contributed by atoms with Crippen LogP contribution in [0, 0.1) is 5.92 Å². The van der Waals surface area contributed by atoms with Gasteiger partial charge in [-0.3, -0.25) is 4.79 Å². The van der Waals surface area contributed by atoms with E-state index in [0.29, 0.717) is 16.9 Å². The van der Waals surface area contributed by atoms with Gasteiger partial charge in [0.25, 0.3) is 0 Å². The van der Waals surface area contributed by atoms with Crippen molar-refractivity contribution in [2.75, 3.05) is 7.11 Å². The Bertz CT molecular complexity index is 731. The summed E-state index contributed by atoms with van der Waals surface area (Å²) < 4.78 is 10.8. The number of carbonyl (C=O) groups excluding carboxylic acids is 1. The summed E-state index contributed by atoms with van der Waals surface area (Å²) >= 11 is 0. The molecule has 1 aliphatic rings. The fourth-order valence-electron chi connectivity index (χ4n) is 2.30. The van der Waals surface area contributed by atoms with Gasteiger partial charge in [-0.25, -0.2) is 0 Å². The quantitative estimate of drug-likeness (QED) is 0.639. The van der Waals surface area contributed by atoms with Gasteiger partial charge < -0.3 is 14.6 Å². The molecule has 1 N–H and O–H groups in total. The molecule has 2 aromatic rings. The van der Waals surface area contributed by atoms with Crippen molar-refractivity contribution in [1.29, 1.82) is 0 Å². The van der Waals surface area contributed by atoms with Crippen molar-refractivity contribution in [2.45, 2.75) is 6.92 Å². The Morgan fingerprint density at radius 2 is 2.05 bits per heavy atom. The zero-order chi connectivity index (χ0) is 14.3. The first-order valence-corrected chi connectivity index (χ1v) is 6.34. The summed E-state index contributed by atoms with van der Waals surface area (Å²) in [7, 11) is 1.57. The Morgan fingerprint density at radius 1 is 1.25 bits per heavy atom. The molecule has 4 heteroatoms. The largest absolute Gasteiger partial charge is 0.508 e. The Morgan fingerprint density at radius 3 is 2.80 bits per heavy atom. The van der Waals surface area contributed by atoms with E-state index < -0.39 is 0 Å². The first kappa shape index (κ1) is 12.5. The maximum atomic E-state index is 11.9. The molecule has 1 atom stereocenters. The normalized spacial score (nSPS) is 17.5. The molecule has 0 unspecified atom stereocenters. The lowest BCUT2D eigenvalue weighted by Crippen LogP contribution is -2.14. The van der Waals surface area contributed by atoms with Gasteiger partial charge in [0, 0.05) is 16.3 Å². The lowest BCUT2D eigenvalue weighted by molar-refractivity contribution is -0.136. The first-order valence-electron chi connectivity index (χ1n) is 6.34. The van der Waals surface area contributed by atoms with Gasteiger partial charge in [-0.2, -0.15) is 0 Å². The number of ether oxygens (including phenoxy) is 2. The molecule has 0 bridgehead atoms. The molecule has 1 aliphatic heterocycles. The van der Waals surface area contributed by atoms with Gasteiger partial charge in [-0.05, 0) is 31.2 Å². The van der Waals surface area contributed by atoms with Crippen LogP contribution in [-0.4, -0.2) is 18.2 Å². The van der Waals surface area contributed by atoms with Crippen LogP contribution in [0.15, 0.2) is 30.3 Å². The van der Waals surface area contributed by atoms with Crippen LogP contribution in [0.2, 0.25) is 0 Å².